The van der Waals surface area contributed by atoms with E-state index in [0.29, 0.717) is 11.4 Å². The van der Waals surface area contributed by atoms with Crippen LogP contribution in [0.2, 0.25) is 0 Å². The minimum atomic E-state index is -0.970. The number of hydrogen-bond donors (Lipinski definition) is 3. The van der Waals surface area contributed by atoms with Crippen molar-refractivity contribution in [2.45, 2.75) is 18.8 Å². The molecule has 1 atom stereocenters. The van der Waals surface area contributed by atoms with E-state index >= 15 is 0 Å². The van der Waals surface area contributed by atoms with Crippen molar-refractivity contribution in [1.82, 2.24) is 9.97 Å². The lowest BCUT2D eigenvalue weighted by atomic mass is 9.80. The fourth-order valence-corrected chi connectivity index (χ4v) is 2.88. The van der Waals surface area contributed by atoms with Crippen molar-refractivity contribution >= 4 is 5.97 Å². The molecular formula is C14H12N2O4. The summed E-state index contributed by atoms with van der Waals surface area (Å²) in [5.74, 6) is -0.970. The summed E-state index contributed by atoms with van der Waals surface area (Å²) in [5.41, 5.74) is 0.113. The van der Waals surface area contributed by atoms with E-state index in [1.807, 2.05) is 6.07 Å². The number of nitrogens with one attached hydrogen (secondary N) is 2. The van der Waals surface area contributed by atoms with Crippen molar-refractivity contribution in [2.75, 3.05) is 0 Å². The summed E-state index contributed by atoms with van der Waals surface area (Å²) in [6.45, 7) is 1.75. The van der Waals surface area contributed by atoms with Gasteiger partial charge in [-0.05, 0) is 12.5 Å². The van der Waals surface area contributed by atoms with Crippen LogP contribution in [0, 0.1) is 0 Å². The molecule has 6 heteroatoms. The molecule has 1 aliphatic carbocycles. The maximum Gasteiger partial charge on any atom is 0.314 e. The molecule has 2 aromatic rings. The minimum absolute atomic E-state index is 0.168. The first-order valence-electron chi connectivity index (χ1n) is 6.12. The van der Waals surface area contributed by atoms with Crippen molar-refractivity contribution in [3.8, 4) is 11.3 Å². The lowest BCUT2D eigenvalue weighted by Gasteiger charge is -2.24. The number of aliphatic carboxylic acids is 1. The highest BCUT2D eigenvalue weighted by Gasteiger charge is 2.42. The number of aromatic amines is 2. The molecule has 102 valence electrons. The Balaban J connectivity index is 2.39. The van der Waals surface area contributed by atoms with Gasteiger partial charge in [0.15, 0.2) is 0 Å². The van der Waals surface area contributed by atoms with Crippen molar-refractivity contribution < 1.29 is 9.90 Å². The Morgan fingerprint density at radius 1 is 1.20 bits per heavy atom. The Morgan fingerprint density at radius 2 is 1.85 bits per heavy atom. The van der Waals surface area contributed by atoms with Gasteiger partial charge in [0.2, 0.25) is 0 Å². The van der Waals surface area contributed by atoms with Gasteiger partial charge >= 0.3 is 17.1 Å². The standard InChI is InChI=1S/C14H12N2O4/c1-14(6-9(17)18)8-5-3-2-4-7(8)10-11(14)16-13(20)12(19)15-10/h2-5H,6H2,1H3,(H,15,19)(H,16,20)(H,17,18). The number of H-pyrrole nitrogens is 2. The molecule has 1 unspecified atom stereocenters. The van der Waals surface area contributed by atoms with Crippen molar-refractivity contribution in [1.29, 1.82) is 0 Å². The van der Waals surface area contributed by atoms with E-state index in [1.54, 1.807) is 25.1 Å². The van der Waals surface area contributed by atoms with E-state index in [-0.39, 0.29) is 6.42 Å². The molecule has 0 spiro atoms. The van der Waals surface area contributed by atoms with E-state index in [4.69, 9.17) is 5.11 Å². The van der Waals surface area contributed by atoms with E-state index in [0.717, 1.165) is 11.1 Å². The fraction of sp³-hybridized carbons (Fsp3) is 0.214. The number of aromatic nitrogens is 2. The Bertz CT molecular complexity index is 834. The Labute approximate surface area is 113 Å². The van der Waals surface area contributed by atoms with Gasteiger partial charge in [-0.1, -0.05) is 24.3 Å². The molecule has 3 N–H and O–H groups in total. The van der Waals surface area contributed by atoms with Gasteiger partial charge in [0.1, 0.15) is 0 Å². The van der Waals surface area contributed by atoms with Gasteiger partial charge in [0.25, 0.3) is 0 Å². The van der Waals surface area contributed by atoms with Gasteiger partial charge in [-0.2, -0.15) is 0 Å². The monoisotopic (exact) mass is 272 g/mol. The lowest BCUT2D eigenvalue weighted by molar-refractivity contribution is -0.138. The number of carbonyl (C=O) groups is 1. The average Bonchev–Trinajstić information content (AvgIpc) is 2.61. The normalized spacial score (nSPS) is 19.4. The van der Waals surface area contributed by atoms with Gasteiger partial charge in [0.05, 0.1) is 17.8 Å². The topological polar surface area (TPSA) is 103 Å². The summed E-state index contributed by atoms with van der Waals surface area (Å²) in [7, 11) is 0. The molecule has 20 heavy (non-hydrogen) atoms. The molecule has 3 rings (SSSR count). The first-order valence-corrected chi connectivity index (χ1v) is 6.12. The molecule has 0 aliphatic heterocycles. The number of benzene rings is 1. The van der Waals surface area contributed by atoms with Gasteiger partial charge in [-0.15, -0.1) is 0 Å². The zero-order valence-corrected chi connectivity index (χ0v) is 10.7. The molecule has 6 nitrogen and oxygen atoms in total. The first kappa shape index (κ1) is 12.4. The summed E-state index contributed by atoms with van der Waals surface area (Å²) in [4.78, 5) is 39.3. The molecule has 0 saturated heterocycles. The summed E-state index contributed by atoms with van der Waals surface area (Å²) in [6, 6.07) is 7.23. The number of rotatable bonds is 2. The van der Waals surface area contributed by atoms with Crippen molar-refractivity contribution in [3.05, 3.63) is 56.2 Å². The molecular weight excluding hydrogens is 260 g/mol. The predicted molar refractivity (Wildman–Crippen MR) is 71.8 cm³/mol. The second-order valence-electron chi connectivity index (χ2n) is 5.11. The second-order valence-corrected chi connectivity index (χ2v) is 5.11. The molecule has 0 saturated carbocycles. The summed E-state index contributed by atoms with van der Waals surface area (Å²) < 4.78 is 0. The minimum Gasteiger partial charge on any atom is -0.481 e. The van der Waals surface area contributed by atoms with Gasteiger partial charge in [-0.25, -0.2) is 0 Å². The fourth-order valence-electron chi connectivity index (χ4n) is 2.88. The van der Waals surface area contributed by atoms with Crippen LogP contribution in [0.5, 0.6) is 0 Å². The first-order chi connectivity index (χ1) is 9.43. The highest BCUT2D eigenvalue weighted by molar-refractivity contribution is 5.80. The van der Waals surface area contributed by atoms with Crippen LogP contribution >= 0.6 is 0 Å². The quantitative estimate of drug-likeness (QED) is 0.704. The molecule has 1 heterocycles. The number of carboxylic acids is 1. The van der Waals surface area contributed by atoms with Crippen LogP contribution in [0.4, 0.5) is 0 Å². The van der Waals surface area contributed by atoms with Crippen LogP contribution in [0.3, 0.4) is 0 Å². The zero-order valence-electron chi connectivity index (χ0n) is 10.7. The number of carboxylic acid groups (broad SMARTS) is 1. The third-order valence-corrected chi connectivity index (χ3v) is 3.78. The zero-order chi connectivity index (χ0) is 14.5. The molecule has 0 fully saturated rings. The Kier molecular flexibility index (Phi) is 2.44. The van der Waals surface area contributed by atoms with Gasteiger partial charge in [-0.3, -0.25) is 14.4 Å². The molecule has 0 radical (unpaired) electrons. The van der Waals surface area contributed by atoms with Crippen molar-refractivity contribution in [3.63, 3.8) is 0 Å². The molecule has 0 amide bonds. The maximum atomic E-state index is 11.6. The smallest absolute Gasteiger partial charge is 0.314 e. The Hall–Kier alpha value is -2.63. The third-order valence-electron chi connectivity index (χ3n) is 3.78. The van der Waals surface area contributed by atoms with Crippen molar-refractivity contribution in [2.24, 2.45) is 0 Å². The molecule has 1 aromatic carbocycles. The van der Waals surface area contributed by atoms with Crippen LogP contribution in [0.1, 0.15) is 24.6 Å². The molecule has 1 aliphatic rings. The molecule has 1 aromatic heterocycles. The van der Waals surface area contributed by atoms with Gasteiger partial charge in [0, 0.05) is 11.0 Å². The summed E-state index contributed by atoms with van der Waals surface area (Å²) in [5, 5.41) is 9.15. The third kappa shape index (κ3) is 1.54. The van der Waals surface area contributed by atoms with E-state index in [1.165, 1.54) is 0 Å². The average molecular weight is 272 g/mol. The summed E-state index contributed by atoms with van der Waals surface area (Å²) >= 11 is 0. The van der Waals surface area contributed by atoms with Crippen LogP contribution in [-0.2, 0) is 10.2 Å². The highest BCUT2D eigenvalue weighted by Crippen LogP contribution is 2.47. The van der Waals surface area contributed by atoms with Gasteiger partial charge < -0.3 is 15.1 Å². The van der Waals surface area contributed by atoms with Crippen LogP contribution < -0.4 is 11.1 Å². The SMILES string of the molecule is CC1(CC(=O)O)c2ccccc2-c2[nH]c(=O)c(=O)[nH]c21. The highest BCUT2D eigenvalue weighted by atomic mass is 16.4. The molecule has 0 bridgehead atoms. The number of hydrogen-bond acceptors (Lipinski definition) is 3. The lowest BCUT2D eigenvalue weighted by Crippen LogP contribution is -2.34. The Morgan fingerprint density at radius 3 is 2.55 bits per heavy atom. The van der Waals surface area contributed by atoms with Crippen LogP contribution in [-0.4, -0.2) is 21.0 Å². The van der Waals surface area contributed by atoms with E-state index < -0.39 is 22.5 Å². The second kappa shape index (κ2) is 3.93. The maximum absolute atomic E-state index is 11.6. The number of fused-ring (bicyclic) bond motifs is 3. The van der Waals surface area contributed by atoms with Crippen LogP contribution in [0.15, 0.2) is 33.9 Å². The largest absolute Gasteiger partial charge is 0.481 e. The van der Waals surface area contributed by atoms with E-state index in [2.05, 4.69) is 9.97 Å². The van der Waals surface area contributed by atoms with E-state index in [9.17, 15) is 14.4 Å². The predicted octanol–water partition coefficient (Wildman–Crippen LogP) is 0.824. The van der Waals surface area contributed by atoms with Crippen LogP contribution in [0.25, 0.3) is 11.3 Å². The summed E-state index contributed by atoms with van der Waals surface area (Å²) in [6.07, 6.45) is -0.168.